The van der Waals surface area contributed by atoms with Crippen molar-refractivity contribution in [2.45, 2.75) is 6.36 Å². The van der Waals surface area contributed by atoms with Crippen molar-refractivity contribution in [1.29, 1.82) is 0 Å². The SMILES string of the molecule is Nc1cc(F)cc(O)c1OC(F)(F)F. The molecular weight excluding hydrogens is 206 g/mol. The molecule has 0 bridgehead atoms. The lowest BCUT2D eigenvalue weighted by molar-refractivity contribution is -0.274. The zero-order chi connectivity index (χ0) is 10.9. The lowest BCUT2D eigenvalue weighted by atomic mass is 10.2. The van der Waals surface area contributed by atoms with E-state index >= 15 is 0 Å². The summed E-state index contributed by atoms with van der Waals surface area (Å²) in [5, 5.41) is 8.89. The Labute approximate surface area is 75.7 Å². The minimum Gasteiger partial charge on any atom is -0.504 e. The molecule has 1 aromatic carbocycles. The molecule has 3 nitrogen and oxygen atoms in total. The molecule has 0 aliphatic heterocycles. The predicted octanol–water partition coefficient (Wildman–Crippen LogP) is 2.01. The molecule has 7 heteroatoms. The molecule has 0 saturated carbocycles. The van der Waals surface area contributed by atoms with Crippen molar-refractivity contribution in [1.82, 2.24) is 0 Å². The van der Waals surface area contributed by atoms with Crippen LogP contribution in [-0.2, 0) is 0 Å². The van der Waals surface area contributed by atoms with Crippen LogP contribution in [0.2, 0.25) is 0 Å². The Kier molecular flexibility index (Phi) is 2.41. The zero-order valence-corrected chi connectivity index (χ0v) is 6.60. The Bertz CT molecular complexity index is 327. The van der Waals surface area contributed by atoms with E-state index in [0.717, 1.165) is 0 Å². The average Bonchev–Trinajstić information content (AvgIpc) is 1.95. The number of alkyl halides is 3. The number of nitrogen functional groups attached to an aromatic ring is 1. The van der Waals surface area contributed by atoms with E-state index in [0.29, 0.717) is 12.1 Å². The van der Waals surface area contributed by atoms with Crippen LogP contribution in [0.25, 0.3) is 0 Å². The number of nitrogens with two attached hydrogens (primary N) is 1. The highest BCUT2D eigenvalue weighted by atomic mass is 19.4. The van der Waals surface area contributed by atoms with E-state index in [2.05, 4.69) is 4.74 Å². The molecule has 0 unspecified atom stereocenters. The molecule has 0 aromatic heterocycles. The van der Waals surface area contributed by atoms with Gasteiger partial charge in [-0.25, -0.2) is 4.39 Å². The van der Waals surface area contributed by atoms with Gasteiger partial charge in [0.25, 0.3) is 0 Å². The van der Waals surface area contributed by atoms with Crippen LogP contribution in [0.5, 0.6) is 11.5 Å². The molecule has 3 N–H and O–H groups in total. The van der Waals surface area contributed by atoms with Gasteiger partial charge in [-0.15, -0.1) is 13.2 Å². The lowest BCUT2D eigenvalue weighted by Crippen LogP contribution is -2.18. The molecule has 1 rings (SSSR count). The number of aromatic hydroxyl groups is 1. The topological polar surface area (TPSA) is 55.5 Å². The Morgan fingerprint density at radius 3 is 2.29 bits per heavy atom. The zero-order valence-electron chi connectivity index (χ0n) is 6.60. The van der Waals surface area contributed by atoms with Crippen molar-refractivity contribution in [2.75, 3.05) is 5.73 Å². The molecule has 78 valence electrons. The first kappa shape index (κ1) is 10.4. The van der Waals surface area contributed by atoms with Gasteiger partial charge in [0, 0.05) is 12.1 Å². The monoisotopic (exact) mass is 211 g/mol. The minimum atomic E-state index is -4.98. The van der Waals surface area contributed by atoms with Crippen molar-refractivity contribution >= 4 is 5.69 Å². The molecule has 1 aromatic rings. The molecular formula is C7H5F4NO2. The van der Waals surface area contributed by atoms with Crippen molar-refractivity contribution in [3.05, 3.63) is 17.9 Å². The third kappa shape index (κ3) is 2.41. The van der Waals surface area contributed by atoms with Gasteiger partial charge in [0.2, 0.25) is 0 Å². The number of benzene rings is 1. The van der Waals surface area contributed by atoms with Crippen LogP contribution in [0, 0.1) is 5.82 Å². The highest BCUT2D eigenvalue weighted by Crippen LogP contribution is 2.37. The van der Waals surface area contributed by atoms with Gasteiger partial charge >= 0.3 is 6.36 Å². The van der Waals surface area contributed by atoms with E-state index in [1.54, 1.807) is 0 Å². The maximum atomic E-state index is 12.5. The fraction of sp³-hybridized carbons (Fsp3) is 0.143. The second kappa shape index (κ2) is 3.24. The number of phenolic OH excluding ortho intramolecular Hbond substituents is 1. The van der Waals surface area contributed by atoms with E-state index < -0.39 is 29.4 Å². The Morgan fingerprint density at radius 1 is 1.29 bits per heavy atom. The first-order chi connectivity index (χ1) is 6.29. The Balaban J connectivity index is 3.09. The van der Waals surface area contributed by atoms with Crippen molar-refractivity contribution in [3.8, 4) is 11.5 Å². The fourth-order valence-electron chi connectivity index (χ4n) is 0.827. The molecule has 0 fully saturated rings. The van der Waals surface area contributed by atoms with Crippen molar-refractivity contribution in [2.24, 2.45) is 0 Å². The third-order valence-electron chi connectivity index (χ3n) is 1.28. The number of ether oxygens (including phenoxy) is 1. The Hall–Kier alpha value is -1.66. The van der Waals surface area contributed by atoms with Crippen LogP contribution < -0.4 is 10.5 Å². The summed E-state index contributed by atoms with van der Waals surface area (Å²) >= 11 is 0. The molecule has 0 amide bonds. The molecule has 0 spiro atoms. The minimum absolute atomic E-state index is 0.470. The van der Waals surface area contributed by atoms with E-state index in [1.807, 2.05) is 0 Å². The largest absolute Gasteiger partial charge is 0.573 e. The summed E-state index contributed by atoms with van der Waals surface area (Å²) in [6.07, 6.45) is -4.98. The van der Waals surface area contributed by atoms with Gasteiger partial charge in [0.15, 0.2) is 11.5 Å². The fourth-order valence-corrected chi connectivity index (χ4v) is 0.827. The summed E-state index contributed by atoms with van der Waals surface area (Å²) in [5.41, 5.74) is 4.38. The van der Waals surface area contributed by atoms with Gasteiger partial charge in [-0.2, -0.15) is 0 Å². The maximum Gasteiger partial charge on any atom is 0.573 e. The van der Waals surface area contributed by atoms with Gasteiger partial charge < -0.3 is 15.6 Å². The summed E-state index contributed by atoms with van der Waals surface area (Å²) in [4.78, 5) is 0. The normalized spacial score (nSPS) is 11.4. The summed E-state index contributed by atoms with van der Waals surface area (Å²) in [6.45, 7) is 0. The van der Waals surface area contributed by atoms with Gasteiger partial charge in [0.05, 0.1) is 5.69 Å². The van der Waals surface area contributed by atoms with E-state index in [1.165, 1.54) is 0 Å². The van der Waals surface area contributed by atoms with Crippen LogP contribution in [0.1, 0.15) is 0 Å². The third-order valence-corrected chi connectivity index (χ3v) is 1.28. The number of rotatable bonds is 1. The summed E-state index contributed by atoms with van der Waals surface area (Å²) in [6, 6.07) is 1.08. The summed E-state index contributed by atoms with van der Waals surface area (Å²) < 4.78 is 51.0. The maximum absolute atomic E-state index is 12.5. The van der Waals surface area contributed by atoms with Gasteiger partial charge in [-0.1, -0.05) is 0 Å². The van der Waals surface area contributed by atoms with Gasteiger partial charge in [-0.3, -0.25) is 0 Å². The Morgan fingerprint density at radius 2 is 1.86 bits per heavy atom. The average molecular weight is 211 g/mol. The molecule has 0 atom stereocenters. The molecule has 0 aliphatic carbocycles. The standard InChI is InChI=1S/C7H5F4NO2/c8-3-1-4(12)6(5(13)2-3)14-7(9,10)11/h1-2,13H,12H2. The van der Waals surface area contributed by atoms with Crippen LogP contribution in [0.4, 0.5) is 23.2 Å². The summed E-state index contributed by atoms with van der Waals surface area (Å²) in [5.74, 6) is -2.95. The molecule has 0 aliphatic rings. The van der Waals surface area contributed by atoms with Crippen LogP contribution in [-0.4, -0.2) is 11.5 Å². The van der Waals surface area contributed by atoms with E-state index in [9.17, 15) is 17.6 Å². The molecule has 0 radical (unpaired) electrons. The highest BCUT2D eigenvalue weighted by Gasteiger charge is 2.33. The van der Waals surface area contributed by atoms with Crippen LogP contribution in [0.15, 0.2) is 12.1 Å². The summed E-state index contributed by atoms with van der Waals surface area (Å²) in [7, 11) is 0. The lowest BCUT2D eigenvalue weighted by Gasteiger charge is -2.12. The molecule has 0 saturated heterocycles. The molecule has 14 heavy (non-hydrogen) atoms. The second-order valence-electron chi connectivity index (χ2n) is 2.39. The van der Waals surface area contributed by atoms with Crippen molar-refractivity contribution < 1.29 is 27.4 Å². The molecule has 0 heterocycles. The smallest absolute Gasteiger partial charge is 0.504 e. The van der Waals surface area contributed by atoms with E-state index in [4.69, 9.17) is 10.8 Å². The number of phenols is 1. The first-order valence-electron chi connectivity index (χ1n) is 3.33. The van der Waals surface area contributed by atoms with Crippen LogP contribution >= 0.6 is 0 Å². The number of hydrogen-bond donors (Lipinski definition) is 2. The van der Waals surface area contributed by atoms with Crippen molar-refractivity contribution in [3.63, 3.8) is 0 Å². The highest BCUT2D eigenvalue weighted by molar-refractivity contribution is 5.59. The van der Waals surface area contributed by atoms with Gasteiger partial charge in [-0.05, 0) is 0 Å². The van der Waals surface area contributed by atoms with E-state index in [-0.39, 0.29) is 0 Å². The number of halogens is 4. The number of anilines is 1. The predicted molar refractivity (Wildman–Crippen MR) is 39.2 cm³/mol. The quantitative estimate of drug-likeness (QED) is 0.551. The first-order valence-corrected chi connectivity index (χ1v) is 3.33. The van der Waals surface area contributed by atoms with Gasteiger partial charge in [0.1, 0.15) is 5.82 Å². The second-order valence-corrected chi connectivity index (χ2v) is 2.39. The number of hydrogen-bond acceptors (Lipinski definition) is 3. The van der Waals surface area contributed by atoms with Crippen LogP contribution in [0.3, 0.4) is 0 Å².